The lowest BCUT2D eigenvalue weighted by molar-refractivity contribution is 0.627. The Bertz CT molecular complexity index is 1970. The molecular weight excluding hydrogens is 810 g/mol. The van der Waals surface area contributed by atoms with Crippen molar-refractivity contribution in [2.24, 2.45) is 0 Å². The molecule has 0 fully saturated rings. The van der Waals surface area contributed by atoms with Crippen LogP contribution in [0, 0.1) is 11.6 Å². The van der Waals surface area contributed by atoms with Gasteiger partial charge in [0.25, 0.3) is 0 Å². The maximum Gasteiger partial charge on any atom is 0.154 e. The fraction of sp³-hybridized carbons (Fsp3) is 0.280. The molecule has 0 nitrogen and oxygen atoms in total. The summed E-state index contributed by atoms with van der Waals surface area (Å²) in [6.07, 6.45) is 4.70. The molecule has 0 aromatic heterocycles. The summed E-state index contributed by atoms with van der Waals surface area (Å²) in [5, 5.41) is 1.44. The van der Waals surface area contributed by atoms with Gasteiger partial charge >= 0.3 is 0 Å². The van der Waals surface area contributed by atoms with E-state index in [1.54, 1.807) is 24.3 Å². The van der Waals surface area contributed by atoms with Gasteiger partial charge in [0.2, 0.25) is 0 Å². The fourth-order valence-corrected chi connectivity index (χ4v) is 10.8. The zero-order valence-corrected chi connectivity index (χ0v) is 37.0. The van der Waals surface area contributed by atoms with Crippen LogP contribution >= 0.6 is 27.0 Å². The van der Waals surface area contributed by atoms with Crippen molar-refractivity contribution in [3.63, 3.8) is 0 Å². The minimum Gasteiger partial charge on any atom is -0.207 e. The summed E-state index contributed by atoms with van der Waals surface area (Å²) in [5.74, 6) is -0.352. The second-order valence-electron chi connectivity index (χ2n) is 15.2. The van der Waals surface area contributed by atoms with Crippen LogP contribution in [0.15, 0.2) is 150 Å². The molecule has 6 aromatic carbocycles. The van der Waals surface area contributed by atoms with Gasteiger partial charge < -0.3 is 0 Å². The maximum absolute atomic E-state index is 13.1. The van der Waals surface area contributed by atoms with Crippen molar-refractivity contribution in [2.45, 2.75) is 92.7 Å². The highest BCUT2D eigenvalue weighted by atomic mass is 79.9. The second kappa shape index (κ2) is 23.6. The maximum atomic E-state index is 13.1. The smallest absolute Gasteiger partial charge is 0.154 e. The quantitative estimate of drug-likeness (QED) is 0.0899. The van der Waals surface area contributed by atoms with Crippen molar-refractivity contribution >= 4 is 47.7 Å². The lowest BCUT2D eigenvalue weighted by atomic mass is 10.0. The van der Waals surface area contributed by atoms with E-state index >= 15 is 0 Å². The predicted molar refractivity (Wildman–Crippen MR) is 254 cm³/mol. The number of hydrogen-bond acceptors (Lipinski definition) is 0. The molecule has 0 spiro atoms. The fourth-order valence-electron chi connectivity index (χ4n) is 6.36. The van der Waals surface area contributed by atoms with Crippen LogP contribution in [-0.2, 0) is 24.9 Å². The molecule has 0 aliphatic carbocycles. The van der Waals surface area contributed by atoms with Gasteiger partial charge in [-0.3, -0.25) is 0 Å². The second-order valence-corrected chi connectivity index (χ2v) is 27.7. The normalized spacial score (nSPS) is 10.8. The molecule has 0 heterocycles. The van der Waals surface area contributed by atoms with Crippen molar-refractivity contribution < 1.29 is 8.78 Å². The Hall–Kier alpha value is -3.62. The molecule has 298 valence electrons. The molecule has 0 N–H and O–H groups in total. The van der Waals surface area contributed by atoms with E-state index in [4.69, 9.17) is 11.1 Å². The van der Waals surface area contributed by atoms with Crippen LogP contribution in [0.5, 0.6) is 0 Å². The molecule has 0 aliphatic heterocycles. The molecule has 0 saturated carbocycles. The van der Waals surface area contributed by atoms with Crippen LogP contribution in [-0.4, -0.2) is 15.5 Å². The zero-order valence-electron chi connectivity index (χ0n) is 32.6. The van der Waals surface area contributed by atoms with Gasteiger partial charge in [-0.05, 0) is 100 Å². The van der Waals surface area contributed by atoms with Gasteiger partial charge in [-0.2, -0.15) is 11.1 Å². The van der Waals surface area contributed by atoms with Gasteiger partial charge in [0.1, 0.15) is 11.6 Å². The minimum absolute atomic E-state index is 0. The first-order valence-electron chi connectivity index (χ1n) is 19.0. The SMILES string of the molecule is C.C.CCCc1ccc(-c2ccc(Br)cc2)cc1.CCCc1ccc(-c2ccc([Si](C)(C)Cc3ccc(F)cc3)cc2)cc1.C[Si](C)(Cl)Cc1ccc(F)cc1. The third kappa shape index (κ3) is 16.5. The van der Waals surface area contributed by atoms with Crippen LogP contribution in [0.4, 0.5) is 8.78 Å². The van der Waals surface area contributed by atoms with E-state index in [0.29, 0.717) is 0 Å². The molecule has 0 radical (unpaired) electrons. The van der Waals surface area contributed by atoms with E-state index in [2.05, 4.69) is 153 Å². The Labute approximate surface area is 353 Å². The lowest BCUT2D eigenvalue weighted by Gasteiger charge is -2.23. The monoisotopic (exact) mass is 870 g/mol. The standard InChI is InChI=1S/C24H27FSi.C15H15Br.C9H12ClFSi.2CH4/c1-4-5-19-6-10-21(11-7-19)22-12-16-24(17-13-22)26(2,3)18-20-8-14-23(25)15-9-20;1-2-3-12-4-6-13(7-5-12)14-8-10-15(16)11-9-14;1-12(2,10)7-8-3-5-9(11)6-4-8;;/h6-17H,4-5,18H2,1-3H3;4-11H,2-3H2,1H3;3-6H,7H2,1-2H3;2*1H4. The highest BCUT2D eigenvalue weighted by molar-refractivity contribution is 9.10. The summed E-state index contributed by atoms with van der Waals surface area (Å²) in [6.45, 7) is 13.3. The number of benzene rings is 6. The Morgan fingerprint density at radius 3 is 1.09 bits per heavy atom. The van der Waals surface area contributed by atoms with Crippen LogP contribution in [0.2, 0.25) is 26.2 Å². The van der Waals surface area contributed by atoms with E-state index in [0.717, 1.165) is 28.5 Å². The summed E-state index contributed by atoms with van der Waals surface area (Å²) in [5.41, 5.74) is 10.3. The van der Waals surface area contributed by atoms with E-state index < -0.39 is 15.5 Å². The summed E-state index contributed by atoms with van der Waals surface area (Å²) in [7, 11) is -3.17. The van der Waals surface area contributed by atoms with Gasteiger partial charge in [0.05, 0.1) is 8.07 Å². The Morgan fingerprint density at radius 1 is 0.446 bits per heavy atom. The van der Waals surface area contributed by atoms with Gasteiger partial charge in [-0.1, -0.05) is 204 Å². The first-order chi connectivity index (χ1) is 25.7. The molecule has 0 unspecified atom stereocenters. The molecule has 6 rings (SSSR count). The van der Waals surface area contributed by atoms with Gasteiger partial charge in [-0.25, -0.2) is 8.78 Å². The molecular formula is C50H62BrClF2Si2. The first-order valence-corrected chi connectivity index (χ1v) is 27.2. The van der Waals surface area contributed by atoms with Crippen molar-refractivity contribution in [1.29, 1.82) is 0 Å². The summed E-state index contributed by atoms with van der Waals surface area (Å²) in [6, 6.07) is 50.7. The predicted octanol–water partition coefficient (Wildman–Crippen LogP) is 15.8. The van der Waals surface area contributed by atoms with Gasteiger partial charge in [0, 0.05) is 4.47 Å². The van der Waals surface area contributed by atoms with Crippen molar-refractivity contribution in [2.75, 3.05) is 0 Å². The van der Waals surface area contributed by atoms with Crippen molar-refractivity contribution in [3.8, 4) is 22.3 Å². The molecule has 6 heteroatoms. The highest BCUT2D eigenvalue weighted by Crippen LogP contribution is 2.23. The van der Waals surface area contributed by atoms with Crippen molar-refractivity contribution in [1.82, 2.24) is 0 Å². The van der Waals surface area contributed by atoms with E-state index in [1.165, 1.54) is 75.5 Å². The third-order valence-electron chi connectivity index (χ3n) is 9.26. The molecule has 0 aliphatic rings. The Morgan fingerprint density at radius 2 is 0.750 bits per heavy atom. The molecule has 0 atom stereocenters. The first kappa shape index (κ1) is 48.5. The summed E-state index contributed by atoms with van der Waals surface area (Å²) >= 11 is 9.60. The minimum atomic E-state index is -1.60. The number of halogens is 4. The topological polar surface area (TPSA) is 0 Å². The summed E-state index contributed by atoms with van der Waals surface area (Å²) < 4.78 is 26.7. The van der Waals surface area contributed by atoms with Crippen molar-refractivity contribution in [3.05, 3.63) is 184 Å². The number of hydrogen-bond donors (Lipinski definition) is 0. The molecule has 6 aromatic rings. The van der Waals surface area contributed by atoms with E-state index in [1.807, 2.05) is 12.1 Å². The highest BCUT2D eigenvalue weighted by Gasteiger charge is 2.24. The Balaban J connectivity index is 0.000000310. The average Bonchev–Trinajstić information content (AvgIpc) is 3.15. The Kier molecular flexibility index (Phi) is 20.4. The molecule has 0 amide bonds. The van der Waals surface area contributed by atoms with Gasteiger partial charge in [-0.15, -0.1) is 0 Å². The number of rotatable bonds is 11. The van der Waals surface area contributed by atoms with Crippen LogP contribution < -0.4 is 5.19 Å². The molecule has 0 bridgehead atoms. The van der Waals surface area contributed by atoms with Crippen LogP contribution in [0.3, 0.4) is 0 Å². The molecule has 0 saturated heterocycles. The largest absolute Gasteiger partial charge is 0.207 e. The van der Waals surface area contributed by atoms with Crippen LogP contribution in [0.1, 0.15) is 63.8 Å². The van der Waals surface area contributed by atoms with Crippen LogP contribution in [0.25, 0.3) is 22.3 Å². The third-order valence-corrected chi connectivity index (χ3v) is 14.6. The average molecular weight is 873 g/mol. The number of aryl methyl sites for hydroxylation is 2. The van der Waals surface area contributed by atoms with Gasteiger partial charge in [0.15, 0.2) is 7.38 Å². The zero-order chi connectivity index (χ0) is 39.1. The summed E-state index contributed by atoms with van der Waals surface area (Å²) in [4.78, 5) is 0. The van der Waals surface area contributed by atoms with E-state index in [9.17, 15) is 8.78 Å². The van der Waals surface area contributed by atoms with E-state index in [-0.39, 0.29) is 26.5 Å². The molecule has 56 heavy (non-hydrogen) atoms. The lowest BCUT2D eigenvalue weighted by Crippen LogP contribution is -2.43.